The number of rotatable bonds is 18. The second kappa shape index (κ2) is 20.3. The zero-order valence-electron chi connectivity index (χ0n) is 35.3. The van der Waals surface area contributed by atoms with Gasteiger partial charge in [0, 0.05) is 23.7 Å². The standard InChI is InChI=1S/C39H56N8O10S2/c1-11-13-15-53-26-17-22(40-19-27(26)54-16-14-12-2)33-43-25(21-58-33)30(48)41-18-23-28(31(49)42-23)45-32(50)29(47-57-39(9,10)34(51)55-37(3,4)5)24-20-59-35(44-24)46-36(52)56-38(6,7)8/h17,19,21,23-24,28H,11-16,18,20H2,1-10H3,(H,41,48)(H,42,49)(H,45,50)(H,44,46,52)/b47-29-/t23-,24?,28+/m1/s1. The Labute approximate surface area is 352 Å². The minimum atomic E-state index is -1.62. The summed E-state index contributed by atoms with van der Waals surface area (Å²) in [6, 6.07) is -0.949. The first-order chi connectivity index (χ1) is 27.7. The van der Waals surface area contributed by atoms with Gasteiger partial charge in [-0.25, -0.2) is 19.6 Å². The molecule has 20 heteroatoms. The average Bonchev–Trinajstić information content (AvgIpc) is 3.82. The Hall–Kier alpha value is -4.98. The van der Waals surface area contributed by atoms with Gasteiger partial charge in [0.15, 0.2) is 22.4 Å². The van der Waals surface area contributed by atoms with Gasteiger partial charge in [-0.2, -0.15) is 0 Å². The number of ether oxygens (including phenoxy) is 4. The van der Waals surface area contributed by atoms with E-state index in [0.29, 0.717) is 35.4 Å². The highest BCUT2D eigenvalue weighted by Crippen LogP contribution is 2.33. The van der Waals surface area contributed by atoms with E-state index in [9.17, 15) is 24.0 Å². The fraction of sp³-hybridized carbons (Fsp3) is 0.615. The molecule has 2 aromatic rings. The first kappa shape index (κ1) is 46.7. The molecule has 1 fully saturated rings. The van der Waals surface area contributed by atoms with Crippen LogP contribution in [0.1, 0.15) is 105 Å². The number of carbonyl (C=O) groups is 5. The summed E-state index contributed by atoms with van der Waals surface area (Å²) in [7, 11) is 0. The van der Waals surface area contributed by atoms with Gasteiger partial charge in [0.2, 0.25) is 11.5 Å². The van der Waals surface area contributed by atoms with Gasteiger partial charge >= 0.3 is 12.1 Å². The predicted octanol–water partition coefficient (Wildman–Crippen LogP) is 4.76. The van der Waals surface area contributed by atoms with Crippen molar-refractivity contribution in [3.8, 4) is 22.2 Å². The number of amides is 4. The molecule has 1 saturated heterocycles. The van der Waals surface area contributed by atoms with Gasteiger partial charge in [0.1, 0.15) is 39.7 Å². The fourth-order valence-electron chi connectivity index (χ4n) is 5.03. The van der Waals surface area contributed by atoms with Crippen LogP contribution in [0.4, 0.5) is 4.79 Å². The van der Waals surface area contributed by atoms with Crippen LogP contribution in [0.5, 0.6) is 11.5 Å². The van der Waals surface area contributed by atoms with E-state index in [0.717, 1.165) is 37.4 Å². The minimum Gasteiger partial charge on any atom is -0.490 e. The van der Waals surface area contributed by atoms with Gasteiger partial charge in [-0.3, -0.25) is 24.7 Å². The van der Waals surface area contributed by atoms with Crippen LogP contribution in [0.25, 0.3) is 10.7 Å². The Kier molecular flexibility index (Phi) is 16.1. The highest BCUT2D eigenvalue weighted by Gasteiger charge is 2.43. The number of alkyl carbamates (subject to hydrolysis) is 1. The number of oxime groups is 1. The normalized spacial score (nSPS) is 18.1. The Bertz CT molecular complexity index is 1900. The molecule has 2 aliphatic heterocycles. The molecule has 0 aliphatic carbocycles. The molecular formula is C39H56N8O10S2. The van der Waals surface area contributed by atoms with Crippen LogP contribution in [-0.4, -0.2) is 111 Å². The van der Waals surface area contributed by atoms with Crippen molar-refractivity contribution in [1.82, 2.24) is 31.2 Å². The highest BCUT2D eigenvalue weighted by atomic mass is 32.2. The number of thiazole rings is 1. The molecule has 4 amide bonds. The third kappa shape index (κ3) is 14.1. The average molecular weight is 861 g/mol. The number of hydrogen-bond acceptors (Lipinski definition) is 16. The number of pyridine rings is 1. The number of aliphatic imine (C=N–C) groups is 1. The maximum Gasteiger partial charge on any atom is 0.413 e. The smallest absolute Gasteiger partial charge is 0.413 e. The summed E-state index contributed by atoms with van der Waals surface area (Å²) in [6.45, 7) is 18.3. The van der Waals surface area contributed by atoms with E-state index >= 15 is 0 Å². The van der Waals surface area contributed by atoms with Gasteiger partial charge < -0.3 is 39.7 Å². The highest BCUT2D eigenvalue weighted by molar-refractivity contribution is 8.14. The summed E-state index contributed by atoms with van der Waals surface area (Å²) >= 11 is 2.37. The van der Waals surface area contributed by atoms with Gasteiger partial charge in [-0.1, -0.05) is 43.6 Å². The lowest BCUT2D eigenvalue weighted by atomic mass is 9.98. The summed E-state index contributed by atoms with van der Waals surface area (Å²) in [5.41, 5.74) is -2.80. The molecule has 1 unspecified atom stereocenters. The largest absolute Gasteiger partial charge is 0.490 e. The SMILES string of the molecule is CCCCOc1cnc(-c2nc(C(=O)NC[C@H]3NC(=O)[C@H]3NC(=O)/C(=N\OC(C)(C)C(=O)OC(C)(C)C)C3CSC(NC(=O)OC(C)(C)C)=N3)cs2)cc1OCCCC. The van der Waals surface area contributed by atoms with Crippen LogP contribution >= 0.6 is 23.1 Å². The Morgan fingerprint density at radius 2 is 1.61 bits per heavy atom. The van der Waals surface area contributed by atoms with E-state index in [1.54, 1.807) is 59.2 Å². The first-order valence-electron chi connectivity index (χ1n) is 19.5. The summed E-state index contributed by atoms with van der Waals surface area (Å²) in [4.78, 5) is 84.1. The molecule has 324 valence electrons. The van der Waals surface area contributed by atoms with Crippen LogP contribution in [0.3, 0.4) is 0 Å². The Balaban J connectivity index is 1.44. The molecule has 18 nitrogen and oxygen atoms in total. The van der Waals surface area contributed by atoms with Gasteiger partial charge in [0.25, 0.3) is 11.8 Å². The van der Waals surface area contributed by atoms with E-state index in [1.165, 1.54) is 25.2 Å². The van der Waals surface area contributed by atoms with Crippen molar-refractivity contribution in [2.75, 3.05) is 25.5 Å². The second-order valence-corrected chi connectivity index (χ2v) is 18.1. The molecule has 0 spiro atoms. The summed E-state index contributed by atoms with van der Waals surface area (Å²) in [6.07, 6.45) is 4.59. The molecule has 4 N–H and O–H groups in total. The third-order valence-corrected chi connectivity index (χ3v) is 9.98. The number of unbranched alkanes of at least 4 members (excludes halogenated alkanes) is 2. The predicted molar refractivity (Wildman–Crippen MR) is 224 cm³/mol. The number of hydrogen-bond donors (Lipinski definition) is 4. The van der Waals surface area contributed by atoms with E-state index in [4.69, 9.17) is 23.8 Å². The maximum atomic E-state index is 13.8. The number of amidine groups is 1. The zero-order chi connectivity index (χ0) is 43.5. The van der Waals surface area contributed by atoms with E-state index in [2.05, 4.69) is 55.2 Å². The Morgan fingerprint density at radius 1 is 0.949 bits per heavy atom. The summed E-state index contributed by atoms with van der Waals surface area (Å²) < 4.78 is 22.6. The van der Waals surface area contributed by atoms with Crippen LogP contribution in [0, 0.1) is 0 Å². The molecule has 4 rings (SSSR count). The summed E-state index contributed by atoms with van der Waals surface area (Å²) in [5.74, 6) is -1.27. The number of aromatic nitrogens is 2. The monoisotopic (exact) mass is 860 g/mol. The molecule has 0 saturated carbocycles. The van der Waals surface area contributed by atoms with Crippen molar-refractivity contribution in [1.29, 1.82) is 0 Å². The van der Waals surface area contributed by atoms with Crippen LogP contribution in [0.15, 0.2) is 27.8 Å². The molecule has 0 bridgehead atoms. The molecule has 4 heterocycles. The molecule has 0 aromatic carbocycles. The lowest BCUT2D eigenvalue weighted by Gasteiger charge is -2.37. The van der Waals surface area contributed by atoms with E-state index < -0.39 is 64.7 Å². The molecule has 2 aromatic heterocycles. The van der Waals surface area contributed by atoms with Crippen LogP contribution < -0.4 is 30.7 Å². The lowest BCUT2D eigenvalue weighted by Crippen LogP contribution is -2.72. The van der Waals surface area contributed by atoms with Gasteiger partial charge in [-0.15, -0.1) is 11.3 Å². The molecule has 0 radical (unpaired) electrons. The van der Waals surface area contributed by atoms with Crippen molar-refractivity contribution in [3.63, 3.8) is 0 Å². The Morgan fingerprint density at radius 3 is 2.24 bits per heavy atom. The molecule has 2 aliphatic rings. The minimum absolute atomic E-state index is 0.0458. The molecule has 3 atom stereocenters. The quantitative estimate of drug-likeness (QED) is 0.0522. The molecule has 59 heavy (non-hydrogen) atoms. The first-order valence-corrected chi connectivity index (χ1v) is 21.4. The molecular weight excluding hydrogens is 805 g/mol. The number of β-lactam (4-membered cyclic amide) rings is 1. The maximum absolute atomic E-state index is 13.8. The van der Waals surface area contributed by atoms with Crippen LogP contribution in [0.2, 0.25) is 0 Å². The fourth-order valence-corrected chi connectivity index (χ4v) is 6.70. The van der Waals surface area contributed by atoms with Crippen molar-refractivity contribution in [2.45, 2.75) is 130 Å². The van der Waals surface area contributed by atoms with Crippen LogP contribution in [-0.2, 0) is 28.7 Å². The number of esters is 1. The zero-order valence-corrected chi connectivity index (χ0v) is 36.9. The van der Waals surface area contributed by atoms with Crippen molar-refractivity contribution in [2.24, 2.45) is 10.1 Å². The van der Waals surface area contributed by atoms with E-state index in [1.807, 2.05) is 0 Å². The second-order valence-electron chi connectivity index (χ2n) is 16.2. The topological polar surface area (TPSA) is 230 Å². The number of thioether (sulfide) groups is 1. The lowest BCUT2D eigenvalue weighted by molar-refractivity contribution is -0.179. The van der Waals surface area contributed by atoms with Crippen molar-refractivity contribution in [3.05, 3.63) is 23.3 Å². The number of nitrogens with one attached hydrogen (secondary N) is 4. The van der Waals surface area contributed by atoms with Gasteiger partial charge in [-0.05, 0) is 68.2 Å². The van der Waals surface area contributed by atoms with Gasteiger partial charge in [0.05, 0.1) is 25.5 Å². The van der Waals surface area contributed by atoms with Crippen molar-refractivity contribution >= 4 is 63.8 Å². The number of nitrogens with zero attached hydrogens (tertiary/aromatic N) is 4. The van der Waals surface area contributed by atoms with Crippen molar-refractivity contribution < 1.29 is 47.8 Å². The van der Waals surface area contributed by atoms with E-state index in [-0.39, 0.29) is 28.9 Å². The third-order valence-electron chi connectivity index (χ3n) is 8.15. The number of carbonyl (C=O) groups excluding carboxylic acids is 5. The summed E-state index contributed by atoms with van der Waals surface area (Å²) in [5, 5.41) is 17.0.